The van der Waals surface area contributed by atoms with Gasteiger partial charge in [0.25, 0.3) is 5.69 Å². The molecular weight excluding hydrogens is 314 g/mol. The average Bonchev–Trinajstić information content (AvgIpc) is 2.56. The number of methoxy groups -OCH3 is 2. The van der Waals surface area contributed by atoms with Gasteiger partial charge in [0.1, 0.15) is 0 Å². The molecule has 2 aromatic carbocycles. The molecule has 0 bridgehead atoms. The van der Waals surface area contributed by atoms with Gasteiger partial charge in [-0.25, -0.2) is 4.79 Å². The second kappa shape index (κ2) is 7.32. The Bertz CT molecular complexity index is 776. The molecule has 0 aromatic heterocycles. The molecule has 2 N–H and O–H groups in total. The van der Waals surface area contributed by atoms with Crippen molar-refractivity contribution in [2.45, 2.75) is 6.92 Å². The summed E-state index contributed by atoms with van der Waals surface area (Å²) >= 11 is 0. The van der Waals surface area contributed by atoms with E-state index in [0.717, 1.165) is 5.56 Å². The molecule has 0 aliphatic carbocycles. The highest BCUT2D eigenvalue weighted by Crippen LogP contribution is 2.33. The molecule has 0 unspecified atom stereocenters. The van der Waals surface area contributed by atoms with Crippen molar-refractivity contribution in [3.63, 3.8) is 0 Å². The van der Waals surface area contributed by atoms with Crippen molar-refractivity contribution in [1.82, 2.24) is 0 Å². The molecule has 0 saturated carbocycles. The first-order valence-electron chi connectivity index (χ1n) is 6.99. The quantitative estimate of drug-likeness (QED) is 0.644. The number of hydrogen-bond acceptors (Lipinski definition) is 5. The van der Waals surface area contributed by atoms with E-state index in [1.54, 1.807) is 18.2 Å². The summed E-state index contributed by atoms with van der Waals surface area (Å²) in [6, 6.07) is 8.54. The Hall–Kier alpha value is -3.29. The number of carbonyl (C=O) groups is 1. The summed E-state index contributed by atoms with van der Waals surface area (Å²) in [6.45, 7) is 1.81. The Morgan fingerprint density at radius 2 is 1.75 bits per heavy atom. The van der Waals surface area contributed by atoms with Crippen LogP contribution in [-0.4, -0.2) is 25.2 Å². The van der Waals surface area contributed by atoms with E-state index in [9.17, 15) is 14.9 Å². The predicted molar refractivity (Wildman–Crippen MR) is 90.0 cm³/mol. The van der Waals surface area contributed by atoms with Gasteiger partial charge >= 0.3 is 6.03 Å². The van der Waals surface area contributed by atoms with Crippen LogP contribution in [0.1, 0.15) is 5.56 Å². The fourth-order valence-corrected chi connectivity index (χ4v) is 2.10. The zero-order valence-electron chi connectivity index (χ0n) is 13.5. The predicted octanol–water partition coefficient (Wildman–Crippen LogP) is 3.56. The highest BCUT2D eigenvalue weighted by Gasteiger charge is 2.12. The maximum Gasteiger partial charge on any atom is 0.323 e. The number of nitrogens with zero attached hydrogens (tertiary/aromatic N) is 1. The first-order chi connectivity index (χ1) is 11.4. The monoisotopic (exact) mass is 331 g/mol. The van der Waals surface area contributed by atoms with Crippen molar-refractivity contribution in [3.05, 3.63) is 52.1 Å². The number of ether oxygens (including phenoxy) is 2. The maximum absolute atomic E-state index is 12.1. The molecule has 0 heterocycles. The number of urea groups is 1. The van der Waals surface area contributed by atoms with Gasteiger partial charge in [0.2, 0.25) is 0 Å². The van der Waals surface area contributed by atoms with Gasteiger partial charge in [-0.15, -0.1) is 0 Å². The molecule has 0 saturated heterocycles. The number of carbonyl (C=O) groups excluding carboxylic acids is 1. The van der Waals surface area contributed by atoms with Crippen LogP contribution in [0.3, 0.4) is 0 Å². The summed E-state index contributed by atoms with van der Waals surface area (Å²) in [6.07, 6.45) is 0. The van der Waals surface area contributed by atoms with Gasteiger partial charge in [-0.2, -0.15) is 0 Å². The molecule has 0 aliphatic rings. The van der Waals surface area contributed by atoms with E-state index >= 15 is 0 Å². The van der Waals surface area contributed by atoms with Crippen molar-refractivity contribution >= 4 is 23.1 Å². The van der Waals surface area contributed by atoms with E-state index in [2.05, 4.69) is 10.6 Å². The lowest BCUT2D eigenvalue weighted by molar-refractivity contribution is -0.384. The van der Waals surface area contributed by atoms with Crippen molar-refractivity contribution < 1.29 is 19.2 Å². The summed E-state index contributed by atoms with van der Waals surface area (Å²) in [5, 5.41) is 16.0. The van der Waals surface area contributed by atoms with Gasteiger partial charge in [0, 0.05) is 29.6 Å². The molecule has 8 nitrogen and oxygen atoms in total. The van der Waals surface area contributed by atoms with Crippen molar-refractivity contribution in [3.8, 4) is 11.5 Å². The van der Waals surface area contributed by atoms with Gasteiger partial charge in [-0.3, -0.25) is 10.1 Å². The molecule has 0 radical (unpaired) electrons. The van der Waals surface area contributed by atoms with E-state index in [0.29, 0.717) is 22.9 Å². The Labute approximate surface area is 138 Å². The highest BCUT2D eigenvalue weighted by molar-refractivity contribution is 6.00. The SMILES string of the molecule is COc1cc(C)c(NC(=O)Nc2cccc([N+](=O)[O-])c2)cc1OC. The Morgan fingerprint density at radius 3 is 2.38 bits per heavy atom. The second-order valence-electron chi connectivity index (χ2n) is 4.91. The third kappa shape index (κ3) is 3.92. The maximum atomic E-state index is 12.1. The van der Waals surface area contributed by atoms with E-state index < -0.39 is 11.0 Å². The molecular formula is C16H17N3O5. The topological polar surface area (TPSA) is 103 Å². The van der Waals surface area contributed by atoms with Crippen LogP contribution in [0, 0.1) is 17.0 Å². The molecule has 2 aromatic rings. The first-order valence-corrected chi connectivity index (χ1v) is 6.99. The minimum atomic E-state index is -0.526. The summed E-state index contributed by atoms with van der Waals surface area (Å²) < 4.78 is 10.4. The summed E-state index contributed by atoms with van der Waals surface area (Å²) in [4.78, 5) is 22.3. The normalized spacial score (nSPS) is 9.96. The Balaban J connectivity index is 2.15. The summed E-state index contributed by atoms with van der Waals surface area (Å²) in [5.41, 5.74) is 1.53. The lowest BCUT2D eigenvalue weighted by Gasteiger charge is -2.14. The molecule has 0 spiro atoms. The lowest BCUT2D eigenvalue weighted by Crippen LogP contribution is -2.20. The van der Waals surface area contributed by atoms with Gasteiger partial charge < -0.3 is 20.1 Å². The molecule has 24 heavy (non-hydrogen) atoms. The standard InChI is InChI=1S/C16H17N3O5/c1-10-7-14(23-2)15(24-3)9-13(10)18-16(20)17-11-5-4-6-12(8-11)19(21)22/h4-9H,1-3H3,(H2,17,18,20). The van der Waals surface area contributed by atoms with E-state index in [-0.39, 0.29) is 5.69 Å². The van der Waals surface area contributed by atoms with Crippen molar-refractivity contribution in [1.29, 1.82) is 0 Å². The number of aryl methyl sites for hydroxylation is 1. The van der Waals surface area contributed by atoms with Crippen LogP contribution < -0.4 is 20.1 Å². The Morgan fingerprint density at radius 1 is 1.08 bits per heavy atom. The van der Waals surface area contributed by atoms with Crippen LogP contribution in [0.4, 0.5) is 21.9 Å². The zero-order valence-corrected chi connectivity index (χ0v) is 13.5. The first kappa shape index (κ1) is 17.1. The number of nitrogens with one attached hydrogen (secondary N) is 2. The van der Waals surface area contributed by atoms with Gasteiger partial charge in [0.15, 0.2) is 11.5 Å². The Kier molecular flexibility index (Phi) is 5.20. The summed E-state index contributed by atoms with van der Waals surface area (Å²) in [7, 11) is 3.03. The number of nitro benzene ring substituents is 1. The number of hydrogen-bond donors (Lipinski definition) is 2. The van der Waals surface area contributed by atoms with Crippen molar-refractivity contribution in [2.24, 2.45) is 0 Å². The third-order valence-electron chi connectivity index (χ3n) is 3.29. The van der Waals surface area contributed by atoms with Gasteiger partial charge in [0.05, 0.1) is 19.1 Å². The van der Waals surface area contributed by atoms with Crippen LogP contribution in [0.15, 0.2) is 36.4 Å². The molecule has 0 fully saturated rings. The molecule has 0 aliphatic heterocycles. The van der Waals surface area contributed by atoms with Crippen LogP contribution in [0.2, 0.25) is 0 Å². The van der Waals surface area contributed by atoms with Crippen LogP contribution in [-0.2, 0) is 0 Å². The average molecular weight is 331 g/mol. The molecule has 8 heteroatoms. The molecule has 126 valence electrons. The van der Waals surface area contributed by atoms with E-state index in [1.807, 2.05) is 6.92 Å². The fourth-order valence-electron chi connectivity index (χ4n) is 2.10. The number of rotatable bonds is 5. The van der Waals surface area contributed by atoms with Gasteiger partial charge in [-0.05, 0) is 24.6 Å². The van der Waals surface area contributed by atoms with Gasteiger partial charge in [-0.1, -0.05) is 6.07 Å². The van der Waals surface area contributed by atoms with Crippen LogP contribution in [0.25, 0.3) is 0 Å². The van der Waals surface area contributed by atoms with Crippen LogP contribution >= 0.6 is 0 Å². The zero-order chi connectivity index (χ0) is 17.7. The number of benzene rings is 2. The van der Waals surface area contributed by atoms with Crippen molar-refractivity contribution in [2.75, 3.05) is 24.9 Å². The highest BCUT2D eigenvalue weighted by atomic mass is 16.6. The molecule has 2 rings (SSSR count). The molecule has 2 amide bonds. The number of amides is 2. The van der Waals surface area contributed by atoms with Crippen LogP contribution in [0.5, 0.6) is 11.5 Å². The van der Waals surface area contributed by atoms with E-state index in [4.69, 9.17) is 9.47 Å². The van der Waals surface area contributed by atoms with E-state index in [1.165, 1.54) is 32.4 Å². The number of non-ortho nitro benzene ring substituents is 1. The molecule has 0 atom stereocenters. The minimum absolute atomic E-state index is 0.102. The largest absolute Gasteiger partial charge is 0.493 e. The fraction of sp³-hybridized carbons (Fsp3) is 0.188. The lowest BCUT2D eigenvalue weighted by atomic mass is 10.1. The number of anilines is 2. The number of nitro groups is 1. The summed E-state index contributed by atoms with van der Waals surface area (Å²) in [5.74, 6) is 1.04. The minimum Gasteiger partial charge on any atom is -0.493 e. The second-order valence-corrected chi connectivity index (χ2v) is 4.91. The third-order valence-corrected chi connectivity index (χ3v) is 3.29. The smallest absolute Gasteiger partial charge is 0.323 e.